The van der Waals surface area contributed by atoms with Crippen molar-refractivity contribution in [1.29, 1.82) is 0 Å². The Labute approximate surface area is 156 Å². The smallest absolute Gasteiger partial charge is 0.277 e. The number of nitrogens with zero attached hydrogens (tertiary/aromatic N) is 1. The van der Waals surface area contributed by atoms with E-state index >= 15 is 0 Å². The van der Waals surface area contributed by atoms with Gasteiger partial charge in [0.1, 0.15) is 5.75 Å². The lowest BCUT2D eigenvalue weighted by Crippen LogP contribution is -2.13. The predicted molar refractivity (Wildman–Crippen MR) is 102 cm³/mol. The molecule has 0 fully saturated rings. The second-order valence-electron chi connectivity index (χ2n) is 6.13. The number of carbonyl (C=O) groups excluding carboxylic acids is 1. The zero-order valence-electron chi connectivity index (χ0n) is 14.7. The largest absolute Gasteiger partial charge is 0.491 e. The van der Waals surface area contributed by atoms with E-state index in [0.717, 1.165) is 16.9 Å². The fourth-order valence-electron chi connectivity index (χ4n) is 2.42. The van der Waals surface area contributed by atoms with Crippen LogP contribution in [0.15, 0.2) is 53.1 Å². The summed E-state index contributed by atoms with van der Waals surface area (Å²) in [6, 6.07) is 14.4. The third kappa shape index (κ3) is 4.06. The van der Waals surface area contributed by atoms with Crippen molar-refractivity contribution in [3.05, 3.63) is 64.8 Å². The van der Waals surface area contributed by atoms with Gasteiger partial charge in [0, 0.05) is 22.3 Å². The Hall–Kier alpha value is -2.79. The number of rotatable bonds is 5. The monoisotopic (exact) mass is 370 g/mol. The average Bonchev–Trinajstić information content (AvgIpc) is 3.09. The molecule has 1 heterocycles. The molecule has 134 valence electrons. The summed E-state index contributed by atoms with van der Waals surface area (Å²) in [5.74, 6) is 0.928. The van der Waals surface area contributed by atoms with E-state index < -0.39 is 0 Å². The Morgan fingerprint density at radius 2 is 1.92 bits per heavy atom. The van der Waals surface area contributed by atoms with Crippen molar-refractivity contribution in [2.75, 3.05) is 5.32 Å². The molecule has 1 N–H and O–H groups in total. The van der Waals surface area contributed by atoms with Gasteiger partial charge in [-0.3, -0.25) is 4.79 Å². The minimum Gasteiger partial charge on any atom is -0.491 e. The average molecular weight is 371 g/mol. The molecule has 0 bridgehead atoms. The minimum atomic E-state index is -0.356. The van der Waals surface area contributed by atoms with Gasteiger partial charge in [0.05, 0.1) is 6.10 Å². The van der Waals surface area contributed by atoms with Crippen molar-refractivity contribution < 1.29 is 14.1 Å². The fraction of sp³-hybridized carbons (Fsp3) is 0.200. The molecular formula is C20H19ClN2O3. The molecule has 0 saturated heterocycles. The summed E-state index contributed by atoms with van der Waals surface area (Å²) in [5.41, 5.74) is 2.45. The maximum atomic E-state index is 12.4. The molecular weight excluding hydrogens is 352 g/mol. The van der Waals surface area contributed by atoms with Crippen molar-refractivity contribution in [1.82, 2.24) is 5.16 Å². The quantitative estimate of drug-likeness (QED) is 0.658. The lowest BCUT2D eigenvalue weighted by molar-refractivity contribution is 0.101. The molecule has 0 aliphatic rings. The molecule has 3 aromatic rings. The third-order valence-electron chi connectivity index (χ3n) is 3.77. The van der Waals surface area contributed by atoms with Crippen LogP contribution in [0.5, 0.6) is 5.75 Å². The van der Waals surface area contributed by atoms with Gasteiger partial charge in [-0.15, -0.1) is 0 Å². The first-order valence-electron chi connectivity index (χ1n) is 8.24. The van der Waals surface area contributed by atoms with E-state index in [-0.39, 0.29) is 17.7 Å². The van der Waals surface area contributed by atoms with Gasteiger partial charge in [-0.25, -0.2) is 0 Å². The molecule has 0 aliphatic carbocycles. The Kier molecular flexibility index (Phi) is 5.28. The lowest BCUT2D eigenvalue weighted by Gasteiger charge is -2.09. The first-order valence-corrected chi connectivity index (χ1v) is 8.62. The Morgan fingerprint density at radius 3 is 2.62 bits per heavy atom. The van der Waals surface area contributed by atoms with E-state index in [1.165, 1.54) is 0 Å². The van der Waals surface area contributed by atoms with Gasteiger partial charge in [0.15, 0.2) is 11.5 Å². The third-order valence-corrected chi connectivity index (χ3v) is 4.18. The van der Waals surface area contributed by atoms with Crippen LogP contribution in [0.25, 0.3) is 11.3 Å². The SMILES string of the molecule is Cc1c(Cl)cccc1NC(=O)c1cc(-c2ccc(OC(C)C)cc2)on1. The second-order valence-corrected chi connectivity index (χ2v) is 6.54. The van der Waals surface area contributed by atoms with E-state index in [9.17, 15) is 4.79 Å². The molecule has 2 aromatic carbocycles. The number of aromatic nitrogens is 1. The van der Waals surface area contributed by atoms with E-state index in [2.05, 4.69) is 10.5 Å². The predicted octanol–water partition coefficient (Wildman–Crippen LogP) is 5.34. The molecule has 0 saturated carbocycles. The molecule has 0 aliphatic heterocycles. The lowest BCUT2D eigenvalue weighted by atomic mass is 10.1. The van der Waals surface area contributed by atoms with Crippen LogP contribution in [0.2, 0.25) is 5.02 Å². The zero-order chi connectivity index (χ0) is 18.7. The number of hydrogen-bond donors (Lipinski definition) is 1. The van der Waals surface area contributed by atoms with Crippen molar-refractivity contribution in [2.45, 2.75) is 26.9 Å². The van der Waals surface area contributed by atoms with Crippen LogP contribution < -0.4 is 10.1 Å². The number of anilines is 1. The van der Waals surface area contributed by atoms with Gasteiger partial charge in [-0.2, -0.15) is 0 Å². The van der Waals surface area contributed by atoms with Crippen LogP contribution in [0, 0.1) is 6.92 Å². The summed E-state index contributed by atoms with van der Waals surface area (Å²) in [6.45, 7) is 5.78. The first kappa shape index (κ1) is 18.0. The molecule has 6 heteroatoms. The Morgan fingerprint density at radius 1 is 1.19 bits per heavy atom. The highest BCUT2D eigenvalue weighted by Crippen LogP contribution is 2.26. The van der Waals surface area contributed by atoms with Gasteiger partial charge < -0.3 is 14.6 Å². The molecule has 5 nitrogen and oxygen atoms in total. The van der Waals surface area contributed by atoms with Crippen LogP contribution >= 0.6 is 11.6 Å². The normalized spacial score (nSPS) is 10.8. The summed E-state index contributed by atoms with van der Waals surface area (Å²) >= 11 is 6.08. The highest BCUT2D eigenvalue weighted by Gasteiger charge is 2.15. The van der Waals surface area contributed by atoms with E-state index in [1.807, 2.05) is 45.0 Å². The summed E-state index contributed by atoms with van der Waals surface area (Å²) in [5, 5.41) is 7.25. The van der Waals surface area contributed by atoms with Gasteiger partial charge in [-0.05, 0) is 62.7 Å². The van der Waals surface area contributed by atoms with Crippen molar-refractivity contribution in [2.24, 2.45) is 0 Å². The summed E-state index contributed by atoms with van der Waals surface area (Å²) in [4.78, 5) is 12.4. The second kappa shape index (κ2) is 7.62. The number of benzene rings is 2. The number of nitrogens with one attached hydrogen (secondary N) is 1. The van der Waals surface area contributed by atoms with Crippen LogP contribution in [0.1, 0.15) is 29.9 Å². The van der Waals surface area contributed by atoms with Crippen molar-refractivity contribution in [3.63, 3.8) is 0 Å². The summed E-state index contributed by atoms with van der Waals surface area (Å²) in [6.07, 6.45) is 0.108. The minimum absolute atomic E-state index is 0.108. The highest BCUT2D eigenvalue weighted by molar-refractivity contribution is 6.31. The molecule has 1 aromatic heterocycles. The highest BCUT2D eigenvalue weighted by atomic mass is 35.5. The molecule has 1 amide bonds. The molecule has 0 spiro atoms. The van der Waals surface area contributed by atoms with Crippen molar-refractivity contribution >= 4 is 23.2 Å². The number of amides is 1. The molecule has 0 unspecified atom stereocenters. The Balaban J connectivity index is 1.74. The van der Waals surface area contributed by atoms with Crippen LogP contribution in [-0.2, 0) is 0 Å². The van der Waals surface area contributed by atoms with Crippen LogP contribution in [0.3, 0.4) is 0 Å². The standard InChI is InChI=1S/C20H19ClN2O3/c1-12(2)25-15-9-7-14(8-10-15)19-11-18(23-26-19)20(24)22-17-6-4-5-16(21)13(17)3/h4-12H,1-3H3,(H,22,24). The maximum absolute atomic E-state index is 12.4. The van der Waals surface area contributed by atoms with E-state index in [4.69, 9.17) is 20.9 Å². The number of carbonyl (C=O) groups is 1. The van der Waals surface area contributed by atoms with Gasteiger partial charge in [-0.1, -0.05) is 22.8 Å². The van der Waals surface area contributed by atoms with Crippen LogP contribution in [-0.4, -0.2) is 17.2 Å². The van der Waals surface area contributed by atoms with Gasteiger partial charge in [0.2, 0.25) is 0 Å². The van der Waals surface area contributed by atoms with E-state index in [1.54, 1.807) is 24.3 Å². The summed E-state index contributed by atoms with van der Waals surface area (Å²) < 4.78 is 10.9. The maximum Gasteiger partial charge on any atom is 0.277 e. The molecule has 0 atom stereocenters. The number of halogens is 1. The number of ether oxygens (including phenoxy) is 1. The molecule has 3 rings (SSSR count). The molecule has 26 heavy (non-hydrogen) atoms. The van der Waals surface area contributed by atoms with Crippen molar-refractivity contribution in [3.8, 4) is 17.1 Å². The van der Waals surface area contributed by atoms with Crippen LogP contribution in [0.4, 0.5) is 5.69 Å². The molecule has 0 radical (unpaired) electrons. The summed E-state index contributed by atoms with van der Waals surface area (Å²) in [7, 11) is 0. The van der Waals surface area contributed by atoms with Gasteiger partial charge >= 0.3 is 0 Å². The Bertz CT molecular complexity index is 917. The van der Waals surface area contributed by atoms with E-state index in [0.29, 0.717) is 16.5 Å². The first-order chi connectivity index (χ1) is 12.4. The number of hydrogen-bond acceptors (Lipinski definition) is 4. The fourth-order valence-corrected chi connectivity index (χ4v) is 2.59. The topological polar surface area (TPSA) is 64.4 Å². The van der Waals surface area contributed by atoms with Gasteiger partial charge in [0.25, 0.3) is 5.91 Å². The zero-order valence-corrected chi connectivity index (χ0v) is 15.5.